The van der Waals surface area contributed by atoms with Crippen molar-refractivity contribution in [1.29, 1.82) is 0 Å². The van der Waals surface area contributed by atoms with Crippen LogP contribution in [-0.4, -0.2) is 38.0 Å². The van der Waals surface area contributed by atoms with Crippen LogP contribution >= 0.6 is 34.8 Å². The van der Waals surface area contributed by atoms with Crippen molar-refractivity contribution in [1.82, 2.24) is 4.31 Å². The summed E-state index contributed by atoms with van der Waals surface area (Å²) in [5, 5.41) is 0.439. The van der Waals surface area contributed by atoms with Crippen molar-refractivity contribution in [2.45, 2.75) is 31.0 Å². The number of benzene rings is 1. The van der Waals surface area contributed by atoms with E-state index in [1.807, 2.05) is 13.8 Å². The molecule has 1 heterocycles. The quantitative estimate of drug-likeness (QED) is 0.761. The van der Waals surface area contributed by atoms with Crippen molar-refractivity contribution in [3.8, 4) is 0 Å². The van der Waals surface area contributed by atoms with Gasteiger partial charge in [-0.2, -0.15) is 4.31 Å². The SMILES string of the molecule is C[C@H]1CN(S(=O)(=O)c2cc(Cl)c(Cl)cc2Cl)C[C@H](C)O1. The van der Waals surface area contributed by atoms with E-state index in [2.05, 4.69) is 0 Å². The number of hydrogen-bond acceptors (Lipinski definition) is 3. The molecule has 1 fully saturated rings. The zero-order valence-electron chi connectivity index (χ0n) is 10.9. The molecule has 0 aliphatic carbocycles. The highest BCUT2D eigenvalue weighted by molar-refractivity contribution is 7.89. The average Bonchev–Trinajstić information content (AvgIpc) is 2.32. The molecule has 0 bridgehead atoms. The molecular weight excluding hydrogens is 345 g/mol. The minimum Gasteiger partial charge on any atom is -0.373 e. The predicted molar refractivity (Wildman–Crippen MR) is 80.2 cm³/mol. The Kier molecular flexibility index (Phi) is 4.89. The highest BCUT2D eigenvalue weighted by atomic mass is 35.5. The zero-order valence-corrected chi connectivity index (χ0v) is 14.0. The van der Waals surface area contributed by atoms with Gasteiger partial charge in [0.2, 0.25) is 10.0 Å². The molecule has 0 N–H and O–H groups in total. The van der Waals surface area contributed by atoms with Gasteiger partial charge >= 0.3 is 0 Å². The molecule has 0 radical (unpaired) electrons. The van der Waals surface area contributed by atoms with Gasteiger partial charge in [0.1, 0.15) is 4.90 Å². The molecule has 1 aromatic rings. The van der Waals surface area contributed by atoms with Crippen LogP contribution in [0.1, 0.15) is 13.8 Å². The average molecular weight is 359 g/mol. The summed E-state index contributed by atoms with van der Waals surface area (Å²) in [7, 11) is -3.72. The largest absolute Gasteiger partial charge is 0.373 e. The molecule has 0 aromatic heterocycles. The fraction of sp³-hybridized carbons (Fsp3) is 0.500. The number of sulfonamides is 1. The minimum absolute atomic E-state index is 0.0325. The van der Waals surface area contributed by atoms with Gasteiger partial charge in [-0.3, -0.25) is 0 Å². The predicted octanol–water partition coefficient (Wildman–Crippen LogP) is 3.44. The van der Waals surface area contributed by atoms with Crippen molar-refractivity contribution in [3.05, 3.63) is 27.2 Å². The monoisotopic (exact) mass is 357 g/mol. The standard InChI is InChI=1S/C12H14Cl3NO3S/c1-7-5-16(6-8(2)19-7)20(17,18)12-4-10(14)9(13)3-11(12)15/h3-4,7-8H,5-6H2,1-2H3/t7-,8-/m0/s1. The van der Waals surface area contributed by atoms with Crippen molar-refractivity contribution in [2.75, 3.05) is 13.1 Å². The lowest BCUT2D eigenvalue weighted by molar-refractivity contribution is -0.0440. The number of rotatable bonds is 2. The van der Waals surface area contributed by atoms with E-state index in [1.165, 1.54) is 16.4 Å². The van der Waals surface area contributed by atoms with Crippen LogP contribution in [0.4, 0.5) is 0 Å². The van der Waals surface area contributed by atoms with Crippen LogP contribution in [0.25, 0.3) is 0 Å². The number of hydrogen-bond donors (Lipinski definition) is 0. The normalized spacial score (nSPS) is 24.9. The topological polar surface area (TPSA) is 46.6 Å². The Morgan fingerprint density at radius 2 is 1.55 bits per heavy atom. The molecule has 0 amide bonds. The first-order valence-corrected chi connectivity index (χ1v) is 8.59. The first-order valence-electron chi connectivity index (χ1n) is 6.02. The van der Waals surface area contributed by atoms with E-state index in [0.29, 0.717) is 0 Å². The van der Waals surface area contributed by atoms with E-state index in [9.17, 15) is 8.42 Å². The van der Waals surface area contributed by atoms with Crippen LogP contribution in [0, 0.1) is 0 Å². The Morgan fingerprint density at radius 1 is 1.05 bits per heavy atom. The summed E-state index contributed by atoms with van der Waals surface area (Å²) in [6, 6.07) is 2.62. The molecule has 1 aromatic carbocycles. The summed E-state index contributed by atoms with van der Waals surface area (Å²) in [6.07, 6.45) is -0.342. The smallest absolute Gasteiger partial charge is 0.244 e. The maximum atomic E-state index is 12.6. The second kappa shape index (κ2) is 5.99. The van der Waals surface area contributed by atoms with Gasteiger partial charge in [0.25, 0.3) is 0 Å². The van der Waals surface area contributed by atoms with Crippen LogP contribution in [0.15, 0.2) is 17.0 Å². The Balaban J connectivity index is 2.42. The van der Waals surface area contributed by atoms with Crippen LogP contribution in [0.3, 0.4) is 0 Å². The molecular formula is C12H14Cl3NO3S. The maximum absolute atomic E-state index is 12.6. The van der Waals surface area contributed by atoms with Crippen molar-refractivity contribution in [2.24, 2.45) is 0 Å². The van der Waals surface area contributed by atoms with Gasteiger partial charge in [0, 0.05) is 13.1 Å². The molecule has 1 saturated heterocycles. The van der Waals surface area contributed by atoms with Gasteiger partial charge in [0.15, 0.2) is 0 Å². The van der Waals surface area contributed by atoms with Crippen LogP contribution in [0.5, 0.6) is 0 Å². The number of morpholine rings is 1. The van der Waals surface area contributed by atoms with Crippen molar-refractivity contribution >= 4 is 44.8 Å². The Labute approximate surface area is 133 Å². The minimum atomic E-state index is -3.72. The van der Waals surface area contributed by atoms with E-state index in [4.69, 9.17) is 39.5 Å². The van der Waals surface area contributed by atoms with Gasteiger partial charge in [-0.05, 0) is 26.0 Å². The fourth-order valence-electron chi connectivity index (χ4n) is 2.17. The number of nitrogens with zero attached hydrogens (tertiary/aromatic N) is 1. The summed E-state index contributed by atoms with van der Waals surface area (Å²) >= 11 is 17.7. The molecule has 0 unspecified atom stereocenters. The second-order valence-corrected chi connectivity index (χ2v) is 7.90. The van der Waals surface area contributed by atoms with Crippen molar-refractivity contribution < 1.29 is 13.2 Å². The summed E-state index contributed by atoms with van der Waals surface area (Å²) in [6.45, 7) is 4.22. The molecule has 0 spiro atoms. The molecule has 1 aliphatic rings. The molecule has 112 valence electrons. The van der Waals surface area contributed by atoms with Gasteiger partial charge in [0.05, 0.1) is 27.3 Å². The molecule has 2 atom stereocenters. The lowest BCUT2D eigenvalue weighted by Crippen LogP contribution is -2.48. The highest BCUT2D eigenvalue weighted by Gasteiger charge is 2.33. The van der Waals surface area contributed by atoms with Crippen LogP contribution in [-0.2, 0) is 14.8 Å². The lowest BCUT2D eigenvalue weighted by atomic mass is 10.3. The first kappa shape index (κ1) is 16.3. The summed E-state index contributed by atoms with van der Waals surface area (Å²) < 4.78 is 32.2. The van der Waals surface area contributed by atoms with Gasteiger partial charge < -0.3 is 4.74 Å². The Morgan fingerprint density at radius 3 is 2.10 bits per heavy atom. The van der Waals surface area contributed by atoms with E-state index in [-0.39, 0.29) is 45.3 Å². The Bertz CT molecular complexity index is 611. The Hall–Kier alpha value is -0.0400. The lowest BCUT2D eigenvalue weighted by Gasteiger charge is -2.34. The molecule has 20 heavy (non-hydrogen) atoms. The summed E-state index contributed by atoms with van der Waals surface area (Å²) in [4.78, 5) is -0.0325. The van der Waals surface area contributed by atoms with Crippen LogP contribution in [0.2, 0.25) is 15.1 Å². The van der Waals surface area contributed by atoms with Crippen molar-refractivity contribution in [3.63, 3.8) is 0 Å². The van der Waals surface area contributed by atoms with Gasteiger partial charge in [-0.1, -0.05) is 34.8 Å². The third kappa shape index (κ3) is 3.24. The fourth-order valence-corrected chi connectivity index (χ4v) is 4.73. The number of ether oxygens (including phenoxy) is 1. The van der Waals surface area contributed by atoms with Gasteiger partial charge in [-0.15, -0.1) is 0 Å². The maximum Gasteiger partial charge on any atom is 0.244 e. The third-order valence-corrected chi connectivity index (χ3v) is 6.00. The molecule has 1 aliphatic heterocycles. The molecule has 8 heteroatoms. The van der Waals surface area contributed by atoms with E-state index in [0.717, 1.165) is 0 Å². The van der Waals surface area contributed by atoms with Crippen LogP contribution < -0.4 is 0 Å². The van der Waals surface area contributed by atoms with E-state index >= 15 is 0 Å². The second-order valence-electron chi connectivity index (χ2n) is 4.78. The first-order chi connectivity index (χ1) is 9.21. The zero-order chi connectivity index (χ0) is 15.1. The molecule has 2 rings (SSSR count). The van der Waals surface area contributed by atoms with E-state index in [1.54, 1.807) is 0 Å². The summed E-state index contributed by atoms with van der Waals surface area (Å²) in [5.74, 6) is 0. The highest BCUT2D eigenvalue weighted by Crippen LogP contribution is 2.33. The summed E-state index contributed by atoms with van der Waals surface area (Å²) in [5.41, 5.74) is 0. The third-order valence-electron chi connectivity index (χ3n) is 2.98. The van der Waals surface area contributed by atoms with E-state index < -0.39 is 10.0 Å². The van der Waals surface area contributed by atoms with Gasteiger partial charge in [-0.25, -0.2) is 8.42 Å². The molecule has 0 saturated carbocycles. The number of halogens is 3. The molecule has 4 nitrogen and oxygen atoms in total.